The Kier molecular flexibility index (Phi) is 6.73. The molecule has 1 atom stereocenters. The van der Waals surface area contributed by atoms with E-state index in [9.17, 15) is 21.6 Å². The molecule has 4 rings (SSSR count). The maximum absolute atomic E-state index is 13.4. The Morgan fingerprint density at radius 1 is 1.12 bits per heavy atom. The van der Waals surface area contributed by atoms with Crippen molar-refractivity contribution >= 4 is 53.1 Å². The minimum Gasteiger partial charge on any atom is -0.439 e. The molecule has 1 aliphatic rings. The van der Waals surface area contributed by atoms with Crippen LogP contribution in [-0.4, -0.2) is 45.2 Å². The number of sulfone groups is 2. The number of nitrogens with zero attached hydrogens (tertiary/aromatic N) is 1. The Morgan fingerprint density at radius 3 is 2.48 bits per heavy atom. The van der Waals surface area contributed by atoms with E-state index in [4.69, 9.17) is 16.0 Å². The molecule has 0 spiro atoms. The van der Waals surface area contributed by atoms with Gasteiger partial charge in [0.25, 0.3) is 5.91 Å². The molecule has 0 radical (unpaired) electrons. The van der Waals surface area contributed by atoms with E-state index in [0.29, 0.717) is 11.4 Å². The van der Waals surface area contributed by atoms with Crippen LogP contribution in [0.3, 0.4) is 0 Å². The smallest absolute Gasteiger partial charge is 0.290 e. The van der Waals surface area contributed by atoms with E-state index in [2.05, 4.69) is 15.9 Å². The van der Waals surface area contributed by atoms with Crippen LogP contribution in [-0.2, 0) is 26.2 Å². The Bertz CT molecular complexity index is 1400. The van der Waals surface area contributed by atoms with Gasteiger partial charge in [0.1, 0.15) is 0 Å². The van der Waals surface area contributed by atoms with Gasteiger partial charge in [-0.3, -0.25) is 4.79 Å². The lowest BCUT2D eigenvalue weighted by Gasteiger charge is -2.27. The van der Waals surface area contributed by atoms with E-state index < -0.39 is 31.6 Å². The summed E-state index contributed by atoms with van der Waals surface area (Å²) in [6, 6.07) is 14.9. The quantitative estimate of drug-likeness (QED) is 0.435. The number of hydrogen-bond donors (Lipinski definition) is 0. The van der Waals surface area contributed by atoms with Gasteiger partial charge in [0.15, 0.2) is 15.6 Å². The van der Waals surface area contributed by atoms with Crippen LogP contribution < -0.4 is 0 Å². The topological polar surface area (TPSA) is 102 Å². The number of hydrogen-bond acceptors (Lipinski definition) is 6. The zero-order chi connectivity index (χ0) is 23.8. The molecule has 0 bridgehead atoms. The molecule has 3 aromatic rings. The summed E-state index contributed by atoms with van der Waals surface area (Å²) in [5, 5.41) is 0.120. The van der Waals surface area contributed by atoms with E-state index in [1.54, 1.807) is 36.4 Å². The third kappa shape index (κ3) is 5.34. The van der Waals surface area contributed by atoms with Crippen molar-refractivity contribution < 1.29 is 26.0 Å². The third-order valence-electron chi connectivity index (χ3n) is 5.33. The molecule has 1 unspecified atom stereocenters. The molecule has 174 valence electrons. The van der Waals surface area contributed by atoms with Crippen molar-refractivity contribution in [2.45, 2.75) is 29.0 Å². The molecule has 1 aliphatic heterocycles. The van der Waals surface area contributed by atoms with Gasteiger partial charge in [0, 0.05) is 22.1 Å². The fourth-order valence-electron chi connectivity index (χ4n) is 3.67. The molecule has 1 saturated heterocycles. The van der Waals surface area contributed by atoms with E-state index in [-0.39, 0.29) is 33.8 Å². The van der Waals surface area contributed by atoms with Gasteiger partial charge in [-0.1, -0.05) is 39.7 Å². The summed E-state index contributed by atoms with van der Waals surface area (Å²) in [4.78, 5) is 14.8. The lowest BCUT2D eigenvalue weighted by molar-refractivity contribution is 0.0642. The van der Waals surface area contributed by atoms with Crippen molar-refractivity contribution in [1.29, 1.82) is 0 Å². The standard InChI is InChI=1S/C22H19BrClNO6S2/c23-16-4-6-19(7-5-16)33(29,30)21-9-8-20(31-21)22(26)25(18-10-11-32(27,28)14-18)13-15-2-1-3-17(24)12-15/h1-9,12,18H,10-11,13-14H2. The molecule has 1 aromatic heterocycles. The summed E-state index contributed by atoms with van der Waals surface area (Å²) in [6.07, 6.45) is 0.291. The molecule has 7 nitrogen and oxygen atoms in total. The minimum absolute atomic E-state index is 0.0155. The molecule has 33 heavy (non-hydrogen) atoms. The van der Waals surface area contributed by atoms with Crippen LogP contribution in [0.25, 0.3) is 0 Å². The summed E-state index contributed by atoms with van der Waals surface area (Å²) >= 11 is 9.32. The first-order valence-corrected chi connectivity index (χ1v) is 14.4. The highest BCUT2D eigenvalue weighted by atomic mass is 79.9. The summed E-state index contributed by atoms with van der Waals surface area (Å²) in [5.74, 6) is -0.950. The molecule has 1 amide bonds. The number of rotatable bonds is 6. The molecule has 1 fully saturated rings. The highest BCUT2D eigenvalue weighted by Gasteiger charge is 2.36. The Hall–Kier alpha value is -2.14. The van der Waals surface area contributed by atoms with E-state index >= 15 is 0 Å². The van der Waals surface area contributed by atoms with Crippen molar-refractivity contribution in [2.75, 3.05) is 11.5 Å². The van der Waals surface area contributed by atoms with E-state index in [1.807, 2.05) is 0 Å². The largest absolute Gasteiger partial charge is 0.439 e. The average molecular weight is 573 g/mol. The second-order valence-corrected chi connectivity index (χ2v) is 13.2. The van der Waals surface area contributed by atoms with Gasteiger partial charge in [-0.05, 0) is 60.5 Å². The molecular formula is C22H19BrClNO6S2. The van der Waals surface area contributed by atoms with Gasteiger partial charge >= 0.3 is 0 Å². The zero-order valence-electron chi connectivity index (χ0n) is 17.1. The first-order valence-electron chi connectivity index (χ1n) is 9.91. The molecule has 2 aromatic carbocycles. The van der Waals surface area contributed by atoms with Crippen molar-refractivity contribution in [3.05, 3.63) is 81.5 Å². The SMILES string of the molecule is O=C(c1ccc(S(=O)(=O)c2ccc(Br)cc2)o1)N(Cc1cccc(Cl)c1)C1CCS(=O)(=O)C1. The number of halogens is 2. The van der Waals surface area contributed by atoms with Crippen molar-refractivity contribution in [3.8, 4) is 0 Å². The van der Waals surface area contributed by atoms with Crippen molar-refractivity contribution in [2.24, 2.45) is 0 Å². The van der Waals surface area contributed by atoms with Gasteiger partial charge in [-0.15, -0.1) is 0 Å². The molecule has 2 heterocycles. The lowest BCUT2D eigenvalue weighted by Crippen LogP contribution is -2.40. The first kappa shape index (κ1) is 24.0. The van der Waals surface area contributed by atoms with Crippen molar-refractivity contribution in [3.63, 3.8) is 0 Å². The Morgan fingerprint density at radius 2 is 1.85 bits per heavy atom. The van der Waals surface area contributed by atoms with Gasteiger partial charge < -0.3 is 9.32 Å². The van der Waals surface area contributed by atoms with Crippen LogP contribution in [0.4, 0.5) is 0 Å². The highest BCUT2D eigenvalue weighted by molar-refractivity contribution is 9.10. The maximum atomic E-state index is 13.4. The summed E-state index contributed by atoms with van der Waals surface area (Å²) in [7, 11) is -7.23. The van der Waals surface area contributed by atoms with Gasteiger partial charge in [-0.2, -0.15) is 0 Å². The summed E-state index contributed by atoms with van der Waals surface area (Å²) in [5.41, 5.74) is 0.717. The number of carbonyl (C=O) groups excluding carboxylic acids is 1. The van der Waals surface area contributed by atoms with Crippen LogP contribution in [0.1, 0.15) is 22.5 Å². The molecular weight excluding hydrogens is 554 g/mol. The average Bonchev–Trinajstić information content (AvgIpc) is 3.39. The molecule has 0 N–H and O–H groups in total. The van der Waals surface area contributed by atoms with Gasteiger partial charge in [0.2, 0.25) is 14.9 Å². The van der Waals surface area contributed by atoms with Crippen LogP contribution in [0, 0.1) is 0 Å². The van der Waals surface area contributed by atoms with Crippen molar-refractivity contribution in [1.82, 2.24) is 4.90 Å². The first-order chi connectivity index (χ1) is 15.5. The van der Waals surface area contributed by atoms with Crippen LogP contribution >= 0.6 is 27.5 Å². The van der Waals surface area contributed by atoms with Gasteiger partial charge in [0.05, 0.1) is 16.4 Å². The summed E-state index contributed by atoms with van der Waals surface area (Å²) < 4.78 is 56.1. The predicted molar refractivity (Wildman–Crippen MR) is 127 cm³/mol. The number of carbonyl (C=O) groups is 1. The number of benzene rings is 2. The Balaban J connectivity index is 1.65. The number of amides is 1. The zero-order valence-corrected chi connectivity index (χ0v) is 21.1. The highest BCUT2D eigenvalue weighted by Crippen LogP contribution is 2.27. The normalized spacial score (nSPS) is 17.7. The van der Waals surface area contributed by atoms with E-state index in [0.717, 1.165) is 10.0 Å². The minimum atomic E-state index is -3.97. The molecule has 0 saturated carbocycles. The third-order valence-corrected chi connectivity index (χ3v) is 9.49. The Labute approximate surface area is 205 Å². The number of furan rings is 1. The van der Waals surface area contributed by atoms with E-state index in [1.165, 1.54) is 29.2 Å². The maximum Gasteiger partial charge on any atom is 0.290 e. The molecule has 11 heteroatoms. The fourth-order valence-corrected chi connectivity index (χ4v) is 7.05. The second-order valence-electron chi connectivity index (χ2n) is 7.70. The van der Waals surface area contributed by atoms with Crippen LogP contribution in [0.5, 0.6) is 0 Å². The van der Waals surface area contributed by atoms with Crippen LogP contribution in [0.15, 0.2) is 79.5 Å². The fraction of sp³-hybridized carbons (Fsp3) is 0.227. The monoisotopic (exact) mass is 571 g/mol. The second kappa shape index (κ2) is 9.25. The summed E-state index contributed by atoms with van der Waals surface area (Å²) in [6.45, 7) is 0.106. The predicted octanol–water partition coefficient (Wildman–Crippen LogP) is 4.36. The van der Waals surface area contributed by atoms with Crippen LogP contribution in [0.2, 0.25) is 5.02 Å². The van der Waals surface area contributed by atoms with Gasteiger partial charge in [-0.25, -0.2) is 16.8 Å². The molecule has 0 aliphatic carbocycles. The lowest BCUT2D eigenvalue weighted by atomic mass is 10.1.